The van der Waals surface area contributed by atoms with Crippen molar-refractivity contribution in [3.63, 3.8) is 0 Å². The summed E-state index contributed by atoms with van der Waals surface area (Å²) in [6.07, 6.45) is 4.30. The van der Waals surface area contributed by atoms with Crippen LogP contribution in [0.25, 0.3) is 0 Å². The zero-order chi connectivity index (χ0) is 11.3. The molecule has 0 fully saturated rings. The Morgan fingerprint density at radius 2 is 2.13 bits per heavy atom. The Balaban J connectivity index is 2.70. The zero-order valence-electron chi connectivity index (χ0n) is 8.43. The highest BCUT2D eigenvalue weighted by Crippen LogP contribution is 2.17. The lowest BCUT2D eigenvalue weighted by Crippen LogP contribution is -2.07. The van der Waals surface area contributed by atoms with E-state index in [9.17, 15) is 9.90 Å². The average molecular weight is 204 g/mol. The predicted octanol–water partition coefficient (Wildman–Crippen LogP) is 1.26. The molecule has 3 heteroatoms. The molecular formula is C12H12O3. The fourth-order valence-electron chi connectivity index (χ4n) is 1.16. The number of aliphatic hydroxyl groups excluding tert-OH is 1. The first-order chi connectivity index (χ1) is 7.17. The van der Waals surface area contributed by atoms with Crippen molar-refractivity contribution in [1.82, 2.24) is 0 Å². The third-order valence-corrected chi connectivity index (χ3v) is 2.05. The van der Waals surface area contributed by atoms with Gasteiger partial charge in [-0.1, -0.05) is 18.1 Å². The molecule has 0 saturated heterocycles. The summed E-state index contributed by atoms with van der Waals surface area (Å²) in [5, 5.41) is 9.63. The van der Waals surface area contributed by atoms with E-state index in [1.165, 1.54) is 7.11 Å². The molecule has 3 nitrogen and oxygen atoms in total. The molecule has 0 saturated carbocycles. The number of carbonyl (C=O) groups is 1. The van der Waals surface area contributed by atoms with E-state index in [4.69, 9.17) is 6.42 Å². The Morgan fingerprint density at radius 3 is 2.60 bits per heavy atom. The van der Waals surface area contributed by atoms with Gasteiger partial charge in [-0.05, 0) is 17.7 Å². The minimum atomic E-state index is -0.843. The Bertz CT molecular complexity index is 373. The number of benzene rings is 1. The van der Waals surface area contributed by atoms with Gasteiger partial charge in [-0.25, -0.2) is 0 Å². The van der Waals surface area contributed by atoms with Crippen LogP contribution in [0.15, 0.2) is 24.3 Å². The van der Waals surface area contributed by atoms with E-state index in [1.807, 2.05) is 0 Å². The summed E-state index contributed by atoms with van der Waals surface area (Å²) in [6, 6.07) is 6.83. The van der Waals surface area contributed by atoms with E-state index in [2.05, 4.69) is 10.7 Å². The van der Waals surface area contributed by atoms with Gasteiger partial charge in [-0.2, -0.15) is 0 Å². The van der Waals surface area contributed by atoms with Gasteiger partial charge in [0.15, 0.2) is 0 Å². The fraction of sp³-hybridized carbons (Fsp3) is 0.250. The van der Waals surface area contributed by atoms with E-state index < -0.39 is 12.1 Å². The van der Waals surface area contributed by atoms with Crippen LogP contribution in [-0.4, -0.2) is 18.2 Å². The molecule has 1 aromatic carbocycles. The van der Waals surface area contributed by atoms with Gasteiger partial charge in [0.25, 0.3) is 0 Å². The van der Waals surface area contributed by atoms with Gasteiger partial charge < -0.3 is 9.84 Å². The number of methoxy groups -OCH3 is 1. The van der Waals surface area contributed by atoms with Crippen molar-refractivity contribution >= 4 is 5.97 Å². The average Bonchev–Trinajstić information content (AvgIpc) is 2.29. The molecule has 15 heavy (non-hydrogen) atoms. The third-order valence-electron chi connectivity index (χ3n) is 2.05. The highest BCUT2D eigenvalue weighted by Gasteiger charge is 2.12. The molecule has 1 unspecified atom stereocenters. The van der Waals surface area contributed by atoms with Crippen LogP contribution in [0.1, 0.15) is 23.7 Å². The molecule has 0 heterocycles. The molecule has 0 amide bonds. The Kier molecular flexibility index (Phi) is 3.90. The number of carbonyl (C=O) groups excluding carboxylic acids is 1. The van der Waals surface area contributed by atoms with Crippen LogP contribution in [0, 0.1) is 12.3 Å². The van der Waals surface area contributed by atoms with Crippen LogP contribution in [0.2, 0.25) is 0 Å². The van der Waals surface area contributed by atoms with E-state index >= 15 is 0 Å². The van der Waals surface area contributed by atoms with Gasteiger partial charge in [-0.3, -0.25) is 4.79 Å². The summed E-state index contributed by atoms with van der Waals surface area (Å²) in [4.78, 5) is 10.9. The molecule has 0 radical (unpaired) electrons. The molecule has 0 aromatic heterocycles. The fourth-order valence-corrected chi connectivity index (χ4v) is 1.16. The molecular weight excluding hydrogens is 192 g/mol. The van der Waals surface area contributed by atoms with Crippen molar-refractivity contribution in [1.29, 1.82) is 0 Å². The maximum Gasteiger partial charge on any atom is 0.308 e. The topological polar surface area (TPSA) is 46.5 Å². The summed E-state index contributed by atoms with van der Waals surface area (Å²) in [6.45, 7) is 0. The van der Waals surface area contributed by atoms with Gasteiger partial charge in [0.2, 0.25) is 0 Å². The van der Waals surface area contributed by atoms with Crippen molar-refractivity contribution in [2.75, 3.05) is 7.11 Å². The lowest BCUT2D eigenvalue weighted by atomic mass is 10.1. The maximum absolute atomic E-state index is 10.9. The minimum absolute atomic E-state index is 0.0497. The number of hydrogen-bond donors (Lipinski definition) is 1. The Hall–Kier alpha value is -1.79. The van der Waals surface area contributed by atoms with E-state index in [1.54, 1.807) is 24.3 Å². The van der Waals surface area contributed by atoms with Crippen LogP contribution in [-0.2, 0) is 9.53 Å². The molecule has 0 spiro atoms. The molecule has 0 aliphatic rings. The summed E-state index contributed by atoms with van der Waals surface area (Å²) >= 11 is 0. The van der Waals surface area contributed by atoms with Crippen molar-refractivity contribution in [3.8, 4) is 12.3 Å². The normalized spacial score (nSPS) is 11.5. The molecule has 1 atom stereocenters. The Morgan fingerprint density at radius 1 is 1.53 bits per heavy atom. The summed E-state index contributed by atoms with van der Waals surface area (Å²) in [7, 11) is 1.29. The van der Waals surface area contributed by atoms with Crippen LogP contribution in [0.5, 0.6) is 0 Å². The smallest absolute Gasteiger partial charge is 0.308 e. The first-order valence-corrected chi connectivity index (χ1v) is 4.49. The largest absolute Gasteiger partial charge is 0.469 e. The molecule has 78 valence electrons. The summed E-state index contributed by atoms with van der Waals surface area (Å²) < 4.78 is 4.46. The summed E-state index contributed by atoms with van der Waals surface area (Å²) in [5.41, 5.74) is 1.39. The number of esters is 1. The van der Waals surface area contributed by atoms with Gasteiger partial charge in [0.05, 0.1) is 19.6 Å². The number of hydrogen-bond acceptors (Lipinski definition) is 3. The molecule has 1 rings (SSSR count). The van der Waals surface area contributed by atoms with Crippen LogP contribution >= 0.6 is 0 Å². The number of rotatable bonds is 3. The molecule has 0 aliphatic carbocycles. The zero-order valence-corrected chi connectivity index (χ0v) is 8.43. The van der Waals surface area contributed by atoms with Gasteiger partial charge in [0.1, 0.15) is 0 Å². The Labute approximate surface area is 88.7 Å². The third kappa shape index (κ3) is 3.12. The van der Waals surface area contributed by atoms with Crippen LogP contribution in [0.3, 0.4) is 0 Å². The highest BCUT2D eigenvalue weighted by molar-refractivity contribution is 5.70. The van der Waals surface area contributed by atoms with Crippen molar-refractivity contribution < 1.29 is 14.6 Å². The maximum atomic E-state index is 10.9. The van der Waals surface area contributed by atoms with Crippen LogP contribution in [0.4, 0.5) is 0 Å². The van der Waals surface area contributed by atoms with E-state index in [0.29, 0.717) is 5.56 Å². The second kappa shape index (κ2) is 5.18. The second-order valence-electron chi connectivity index (χ2n) is 3.06. The summed E-state index contributed by atoms with van der Waals surface area (Å²) in [5.74, 6) is 2.03. The first kappa shape index (κ1) is 11.3. The van der Waals surface area contributed by atoms with Gasteiger partial charge >= 0.3 is 5.97 Å². The van der Waals surface area contributed by atoms with Crippen molar-refractivity contribution in [2.24, 2.45) is 0 Å². The molecule has 1 N–H and O–H groups in total. The van der Waals surface area contributed by atoms with Crippen molar-refractivity contribution in [2.45, 2.75) is 12.5 Å². The quantitative estimate of drug-likeness (QED) is 0.595. The predicted molar refractivity (Wildman–Crippen MR) is 56.0 cm³/mol. The van der Waals surface area contributed by atoms with Crippen molar-refractivity contribution in [3.05, 3.63) is 35.4 Å². The number of ether oxygens (including phenoxy) is 1. The minimum Gasteiger partial charge on any atom is -0.469 e. The second-order valence-corrected chi connectivity index (χ2v) is 3.06. The number of terminal acetylenes is 1. The first-order valence-electron chi connectivity index (χ1n) is 4.49. The highest BCUT2D eigenvalue weighted by atomic mass is 16.5. The molecule has 0 aliphatic heterocycles. The van der Waals surface area contributed by atoms with E-state index in [0.717, 1.165) is 5.56 Å². The molecule has 1 aromatic rings. The van der Waals surface area contributed by atoms with Crippen LogP contribution < -0.4 is 0 Å². The van der Waals surface area contributed by atoms with E-state index in [-0.39, 0.29) is 6.42 Å². The van der Waals surface area contributed by atoms with Gasteiger partial charge in [0, 0.05) is 5.56 Å². The monoisotopic (exact) mass is 204 g/mol. The van der Waals surface area contributed by atoms with Gasteiger partial charge in [-0.15, -0.1) is 6.42 Å². The molecule has 0 bridgehead atoms. The number of aliphatic hydroxyl groups is 1. The lowest BCUT2D eigenvalue weighted by Gasteiger charge is -2.09. The SMILES string of the molecule is C#Cc1ccc(C(O)CC(=O)OC)cc1. The lowest BCUT2D eigenvalue weighted by molar-refractivity contribution is -0.142. The standard InChI is InChI=1S/C12H12O3/c1-3-9-4-6-10(7-5-9)11(13)8-12(14)15-2/h1,4-7,11,13H,8H2,2H3.